The summed E-state index contributed by atoms with van der Waals surface area (Å²) in [6, 6.07) is 5.17. The molecular formula is C12H12ClNO2. The summed E-state index contributed by atoms with van der Waals surface area (Å²) in [5.74, 6) is 0.0305. The van der Waals surface area contributed by atoms with Crippen molar-refractivity contribution in [1.82, 2.24) is 5.16 Å². The first-order valence-corrected chi connectivity index (χ1v) is 5.68. The number of hydrogen-bond donors (Lipinski definition) is 0. The van der Waals surface area contributed by atoms with Crippen LogP contribution in [0.5, 0.6) is 0 Å². The number of carbonyl (C=O) groups excluding carboxylic acids is 1. The fourth-order valence-corrected chi connectivity index (χ4v) is 1.73. The molecule has 0 aliphatic heterocycles. The number of unbranched alkanes of at least 4 members (excludes halogenated alkanes) is 1. The highest BCUT2D eigenvalue weighted by molar-refractivity contribution is 6.31. The first kappa shape index (κ1) is 11.1. The molecule has 16 heavy (non-hydrogen) atoms. The number of rotatable bonds is 4. The van der Waals surface area contributed by atoms with E-state index in [1.165, 1.54) is 0 Å². The summed E-state index contributed by atoms with van der Waals surface area (Å²) in [7, 11) is 0. The van der Waals surface area contributed by atoms with Crippen molar-refractivity contribution in [3.05, 3.63) is 28.9 Å². The van der Waals surface area contributed by atoms with Gasteiger partial charge in [0.05, 0.1) is 5.39 Å². The lowest BCUT2D eigenvalue weighted by atomic mass is 10.1. The predicted octanol–water partition coefficient (Wildman–Crippen LogP) is 3.85. The molecule has 2 aromatic rings. The fourth-order valence-electron chi connectivity index (χ4n) is 1.57. The number of halogens is 1. The molecule has 1 aromatic carbocycles. The minimum atomic E-state index is 0.0305. The molecule has 0 saturated heterocycles. The van der Waals surface area contributed by atoms with Crippen molar-refractivity contribution in [2.24, 2.45) is 0 Å². The third-order valence-electron chi connectivity index (χ3n) is 2.46. The van der Waals surface area contributed by atoms with E-state index < -0.39 is 0 Å². The van der Waals surface area contributed by atoms with Crippen LogP contribution in [0.25, 0.3) is 11.0 Å². The second-order valence-corrected chi connectivity index (χ2v) is 4.13. The lowest BCUT2D eigenvalue weighted by molar-refractivity contribution is 0.0972. The van der Waals surface area contributed by atoms with E-state index >= 15 is 0 Å². The second-order valence-electron chi connectivity index (χ2n) is 3.70. The van der Waals surface area contributed by atoms with Crippen LogP contribution in [0.15, 0.2) is 22.7 Å². The van der Waals surface area contributed by atoms with E-state index in [0.717, 1.165) is 18.2 Å². The van der Waals surface area contributed by atoms with E-state index in [0.29, 0.717) is 22.7 Å². The Morgan fingerprint density at radius 2 is 2.31 bits per heavy atom. The maximum atomic E-state index is 11.8. The zero-order valence-corrected chi connectivity index (χ0v) is 9.75. The fraction of sp³-hybridized carbons (Fsp3) is 0.333. The predicted molar refractivity (Wildman–Crippen MR) is 62.9 cm³/mol. The monoisotopic (exact) mass is 237 g/mol. The summed E-state index contributed by atoms with van der Waals surface area (Å²) in [5, 5.41) is 5.13. The molecule has 0 fully saturated rings. The number of fused-ring (bicyclic) bond motifs is 1. The van der Waals surface area contributed by atoms with Gasteiger partial charge in [0.15, 0.2) is 17.1 Å². The van der Waals surface area contributed by atoms with Gasteiger partial charge < -0.3 is 4.52 Å². The number of ketones is 1. The van der Waals surface area contributed by atoms with Gasteiger partial charge in [-0.25, -0.2) is 0 Å². The first-order chi connectivity index (χ1) is 7.72. The second kappa shape index (κ2) is 4.66. The third-order valence-corrected chi connectivity index (χ3v) is 2.69. The standard InChI is InChI=1S/C12H12ClNO2/c1-2-3-4-10(15)12-9-6-5-8(13)7-11(9)16-14-12/h5-7H,2-4H2,1H3. The molecule has 3 nitrogen and oxygen atoms in total. The highest BCUT2D eigenvalue weighted by Crippen LogP contribution is 2.23. The minimum absolute atomic E-state index is 0.0305. The van der Waals surface area contributed by atoms with Crippen LogP contribution in [0.1, 0.15) is 36.7 Å². The zero-order valence-electron chi connectivity index (χ0n) is 9.00. The van der Waals surface area contributed by atoms with Gasteiger partial charge in [-0.05, 0) is 18.6 Å². The number of hydrogen-bond acceptors (Lipinski definition) is 3. The number of carbonyl (C=O) groups is 1. The van der Waals surface area contributed by atoms with Gasteiger partial charge in [0.25, 0.3) is 0 Å². The highest BCUT2D eigenvalue weighted by Gasteiger charge is 2.15. The van der Waals surface area contributed by atoms with Crippen molar-refractivity contribution in [2.45, 2.75) is 26.2 Å². The number of benzene rings is 1. The number of aromatic nitrogens is 1. The maximum absolute atomic E-state index is 11.8. The van der Waals surface area contributed by atoms with Crippen LogP contribution < -0.4 is 0 Å². The molecule has 1 heterocycles. The van der Waals surface area contributed by atoms with E-state index in [4.69, 9.17) is 16.1 Å². The number of Topliss-reactive ketones (excluding diaryl/α,β-unsaturated/α-hetero) is 1. The number of nitrogens with zero attached hydrogens (tertiary/aromatic N) is 1. The smallest absolute Gasteiger partial charge is 0.185 e. The third kappa shape index (κ3) is 2.09. The van der Waals surface area contributed by atoms with Crippen molar-refractivity contribution >= 4 is 28.4 Å². The molecule has 0 aliphatic rings. The maximum Gasteiger partial charge on any atom is 0.185 e. The van der Waals surface area contributed by atoms with Crippen molar-refractivity contribution in [1.29, 1.82) is 0 Å². The van der Waals surface area contributed by atoms with E-state index in [9.17, 15) is 4.79 Å². The van der Waals surface area contributed by atoms with Gasteiger partial charge in [-0.3, -0.25) is 4.79 Å². The van der Waals surface area contributed by atoms with Gasteiger partial charge in [-0.15, -0.1) is 0 Å². The molecule has 0 amide bonds. The van der Waals surface area contributed by atoms with Crippen molar-refractivity contribution in [3.8, 4) is 0 Å². The molecule has 84 valence electrons. The Balaban J connectivity index is 2.34. The van der Waals surface area contributed by atoms with Crippen LogP contribution >= 0.6 is 11.6 Å². The zero-order chi connectivity index (χ0) is 11.5. The molecule has 0 N–H and O–H groups in total. The lowest BCUT2D eigenvalue weighted by Gasteiger charge is -1.95. The summed E-state index contributed by atoms with van der Waals surface area (Å²) in [6.45, 7) is 2.05. The Hall–Kier alpha value is -1.35. The topological polar surface area (TPSA) is 43.1 Å². The Morgan fingerprint density at radius 3 is 3.06 bits per heavy atom. The molecule has 0 unspecified atom stereocenters. The van der Waals surface area contributed by atoms with Crippen LogP contribution in [0, 0.1) is 0 Å². The van der Waals surface area contributed by atoms with Crippen molar-refractivity contribution in [2.75, 3.05) is 0 Å². The lowest BCUT2D eigenvalue weighted by Crippen LogP contribution is -1.99. The van der Waals surface area contributed by atoms with Crippen LogP contribution in [0.4, 0.5) is 0 Å². The molecule has 1 aromatic heterocycles. The molecule has 0 aliphatic carbocycles. The van der Waals surface area contributed by atoms with Gasteiger partial charge in [0.2, 0.25) is 0 Å². The molecule has 0 spiro atoms. The van der Waals surface area contributed by atoms with Crippen molar-refractivity contribution < 1.29 is 9.32 Å². The molecule has 2 rings (SSSR count). The van der Waals surface area contributed by atoms with E-state index in [1.54, 1.807) is 18.2 Å². The molecular weight excluding hydrogens is 226 g/mol. The van der Waals surface area contributed by atoms with E-state index in [1.807, 2.05) is 6.92 Å². The van der Waals surface area contributed by atoms with E-state index in [-0.39, 0.29) is 5.78 Å². The average molecular weight is 238 g/mol. The molecule has 0 bridgehead atoms. The summed E-state index contributed by atoms with van der Waals surface area (Å²) >= 11 is 5.82. The molecule has 0 atom stereocenters. The van der Waals surface area contributed by atoms with Crippen LogP contribution in [0.2, 0.25) is 5.02 Å². The normalized spacial score (nSPS) is 10.9. The van der Waals surface area contributed by atoms with Crippen LogP contribution in [-0.4, -0.2) is 10.9 Å². The molecule has 0 radical (unpaired) electrons. The Morgan fingerprint density at radius 1 is 1.50 bits per heavy atom. The Labute approximate surface area is 98.4 Å². The largest absolute Gasteiger partial charge is 0.355 e. The minimum Gasteiger partial charge on any atom is -0.355 e. The van der Waals surface area contributed by atoms with E-state index in [2.05, 4.69) is 5.16 Å². The average Bonchev–Trinajstić information content (AvgIpc) is 2.68. The van der Waals surface area contributed by atoms with Crippen LogP contribution in [-0.2, 0) is 0 Å². The summed E-state index contributed by atoms with van der Waals surface area (Å²) in [6.07, 6.45) is 2.38. The van der Waals surface area contributed by atoms with Gasteiger partial charge in [0.1, 0.15) is 0 Å². The van der Waals surface area contributed by atoms with Gasteiger partial charge in [-0.2, -0.15) is 0 Å². The highest BCUT2D eigenvalue weighted by atomic mass is 35.5. The summed E-state index contributed by atoms with van der Waals surface area (Å²) < 4.78 is 5.08. The van der Waals surface area contributed by atoms with Gasteiger partial charge >= 0.3 is 0 Å². The van der Waals surface area contributed by atoms with Gasteiger partial charge in [0, 0.05) is 17.5 Å². The summed E-state index contributed by atoms with van der Waals surface area (Å²) in [5.41, 5.74) is 0.979. The van der Waals surface area contributed by atoms with Gasteiger partial charge in [-0.1, -0.05) is 30.1 Å². The Bertz CT molecular complexity index is 519. The van der Waals surface area contributed by atoms with Crippen molar-refractivity contribution in [3.63, 3.8) is 0 Å². The molecule has 0 saturated carbocycles. The quantitative estimate of drug-likeness (QED) is 0.759. The first-order valence-electron chi connectivity index (χ1n) is 5.30. The molecule has 4 heteroatoms. The van der Waals surface area contributed by atoms with Crippen LogP contribution in [0.3, 0.4) is 0 Å². The summed E-state index contributed by atoms with van der Waals surface area (Å²) in [4.78, 5) is 11.8. The SMILES string of the molecule is CCCCC(=O)c1noc2cc(Cl)ccc12. The Kier molecular flexibility index (Phi) is 3.25.